The fourth-order valence-electron chi connectivity index (χ4n) is 1.97. The summed E-state index contributed by atoms with van der Waals surface area (Å²) in [6, 6.07) is 9.43. The Bertz CT molecular complexity index is 718. The number of para-hydroxylation sites is 1. The molecule has 0 bridgehead atoms. The molecule has 1 aromatic heterocycles. The largest absolute Gasteiger partial charge is 0.325 e. The summed E-state index contributed by atoms with van der Waals surface area (Å²) in [6.07, 6.45) is 2.57. The molecule has 1 aromatic carbocycles. The summed E-state index contributed by atoms with van der Waals surface area (Å²) < 4.78 is 1.83. The second-order valence-corrected chi connectivity index (χ2v) is 6.00. The van der Waals surface area contributed by atoms with Gasteiger partial charge in [0.05, 0.1) is 17.3 Å². The first kappa shape index (κ1) is 14.5. The minimum Gasteiger partial charge on any atom is -0.325 e. The first-order valence-corrected chi connectivity index (χ1v) is 7.96. The molecule has 0 aliphatic heterocycles. The molecule has 0 unspecified atom stereocenters. The molecule has 1 amide bonds. The van der Waals surface area contributed by atoms with Crippen molar-refractivity contribution in [3.8, 4) is 6.07 Å². The first-order chi connectivity index (χ1) is 10.8. The third-order valence-corrected chi connectivity index (χ3v) is 4.17. The molecule has 1 N–H and O–H groups in total. The van der Waals surface area contributed by atoms with Gasteiger partial charge in [-0.2, -0.15) is 5.26 Å². The molecule has 1 fully saturated rings. The number of tetrazole rings is 1. The van der Waals surface area contributed by atoms with Crippen LogP contribution in [0, 0.1) is 11.3 Å². The van der Waals surface area contributed by atoms with Crippen LogP contribution in [0.1, 0.15) is 30.9 Å². The van der Waals surface area contributed by atoms with Gasteiger partial charge >= 0.3 is 0 Å². The second kappa shape index (κ2) is 6.58. The van der Waals surface area contributed by atoms with Crippen molar-refractivity contribution in [2.75, 3.05) is 11.1 Å². The van der Waals surface area contributed by atoms with Crippen molar-refractivity contribution >= 4 is 23.4 Å². The number of anilines is 1. The van der Waals surface area contributed by atoms with Gasteiger partial charge < -0.3 is 5.32 Å². The van der Waals surface area contributed by atoms with E-state index in [4.69, 9.17) is 5.26 Å². The van der Waals surface area contributed by atoms with E-state index in [0.717, 1.165) is 18.0 Å². The molecule has 0 saturated heterocycles. The van der Waals surface area contributed by atoms with E-state index in [2.05, 4.69) is 26.9 Å². The summed E-state index contributed by atoms with van der Waals surface area (Å²) in [5.74, 6) is 0.467. The molecule has 2 aromatic rings. The summed E-state index contributed by atoms with van der Waals surface area (Å²) in [7, 11) is 0. The predicted octanol–water partition coefficient (Wildman–Crippen LogP) is 2.00. The van der Waals surface area contributed by atoms with E-state index in [1.807, 2.05) is 4.68 Å². The lowest BCUT2D eigenvalue weighted by molar-refractivity contribution is -0.115. The fraction of sp³-hybridized carbons (Fsp3) is 0.357. The SMILES string of the molecule is N#Cc1ccccc1NC(=O)CCSc1nnnn1C1CC1. The molecule has 112 valence electrons. The van der Waals surface area contributed by atoms with Crippen molar-refractivity contribution in [1.82, 2.24) is 20.2 Å². The zero-order valence-electron chi connectivity index (χ0n) is 11.8. The van der Waals surface area contributed by atoms with Gasteiger partial charge in [0, 0.05) is 12.2 Å². The van der Waals surface area contributed by atoms with Gasteiger partial charge in [-0.25, -0.2) is 4.68 Å². The van der Waals surface area contributed by atoms with Crippen molar-refractivity contribution < 1.29 is 4.79 Å². The van der Waals surface area contributed by atoms with Gasteiger partial charge in [0.2, 0.25) is 11.1 Å². The Morgan fingerprint density at radius 1 is 1.45 bits per heavy atom. The molecule has 0 spiro atoms. The minimum absolute atomic E-state index is 0.124. The number of benzene rings is 1. The van der Waals surface area contributed by atoms with E-state index in [-0.39, 0.29) is 5.91 Å². The van der Waals surface area contributed by atoms with Crippen LogP contribution in [-0.4, -0.2) is 31.9 Å². The third-order valence-electron chi connectivity index (χ3n) is 3.24. The highest BCUT2D eigenvalue weighted by atomic mass is 32.2. The smallest absolute Gasteiger partial charge is 0.225 e. The summed E-state index contributed by atoms with van der Waals surface area (Å²) >= 11 is 1.47. The molecule has 7 nitrogen and oxygen atoms in total. The molecule has 1 saturated carbocycles. The van der Waals surface area contributed by atoms with Crippen LogP contribution in [0.15, 0.2) is 29.4 Å². The van der Waals surface area contributed by atoms with Gasteiger partial charge in [0.15, 0.2) is 0 Å². The van der Waals surface area contributed by atoms with Gasteiger partial charge in [-0.05, 0) is 35.4 Å². The van der Waals surface area contributed by atoms with E-state index in [1.165, 1.54) is 11.8 Å². The van der Waals surface area contributed by atoms with E-state index in [1.54, 1.807) is 24.3 Å². The Morgan fingerprint density at radius 2 is 2.27 bits per heavy atom. The number of amides is 1. The molecule has 8 heteroatoms. The number of carbonyl (C=O) groups excluding carboxylic acids is 1. The number of hydrogen-bond acceptors (Lipinski definition) is 6. The Balaban J connectivity index is 1.50. The maximum Gasteiger partial charge on any atom is 0.225 e. The summed E-state index contributed by atoms with van der Waals surface area (Å²) in [4.78, 5) is 11.9. The maximum absolute atomic E-state index is 11.9. The molecular weight excluding hydrogens is 300 g/mol. The monoisotopic (exact) mass is 314 g/mol. The van der Waals surface area contributed by atoms with E-state index < -0.39 is 0 Å². The fourth-order valence-corrected chi connectivity index (χ4v) is 2.85. The topological polar surface area (TPSA) is 96.5 Å². The highest BCUT2D eigenvalue weighted by molar-refractivity contribution is 7.99. The van der Waals surface area contributed by atoms with Crippen LogP contribution in [0.5, 0.6) is 0 Å². The van der Waals surface area contributed by atoms with Gasteiger partial charge in [-0.1, -0.05) is 23.9 Å². The Hall–Kier alpha value is -2.40. The average Bonchev–Trinajstić information content (AvgIpc) is 3.27. The standard InChI is InChI=1S/C14H14N6OS/c15-9-10-3-1-2-4-12(10)16-13(21)7-8-22-14-17-18-19-20(14)11-5-6-11/h1-4,11H,5-8H2,(H,16,21). The average molecular weight is 314 g/mol. The van der Waals surface area contributed by atoms with Gasteiger partial charge in [-0.15, -0.1) is 5.10 Å². The Labute approximate surface area is 131 Å². The number of carbonyl (C=O) groups is 1. The summed E-state index contributed by atoms with van der Waals surface area (Å²) in [6.45, 7) is 0. The highest BCUT2D eigenvalue weighted by Gasteiger charge is 2.27. The van der Waals surface area contributed by atoms with Crippen molar-refractivity contribution in [1.29, 1.82) is 5.26 Å². The molecule has 1 heterocycles. The van der Waals surface area contributed by atoms with Crippen LogP contribution in [0.2, 0.25) is 0 Å². The maximum atomic E-state index is 11.9. The Morgan fingerprint density at radius 3 is 3.05 bits per heavy atom. The minimum atomic E-state index is -0.124. The summed E-state index contributed by atoms with van der Waals surface area (Å²) in [5, 5.41) is 24.1. The predicted molar refractivity (Wildman–Crippen MR) is 81.2 cm³/mol. The van der Waals surface area contributed by atoms with E-state index in [9.17, 15) is 4.79 Å². The van der Waals surface area contributed by atoms with Gasteiger partial charge in [-0.3, -0.25) is 4.79 Å². The van der Waals surface area contributed by atoms with Crippen LogP contribution in [0.3, 0.4) is 0 Å². The molecule has 3 rings (SSSR count). The number of nitrogens with zero attached hydrogens (tertiary/aromatic N) is 5. The molecular formula is C14H14N6OS. The second-order valence-electron chi connectivity index (χ2n) is 4.94. The van der Waals surface area contributed by atoms with Crippen LogP contribution >= 0.6 is 11.8 Å². The zero-order chi connectivity index (χ0) is 15.4. The number of thioether (sulfide) groups is 1. The lowest BCUT2D eigenvalue weighted by Gasteiger charge is -2.06. The highest BCUT2D eigenvalue weighted by Crippen LogP contribution is 2.36. The molecule has 1 aliphatic carbocycles. The van der Waals surface area contributed by atoms with Crippen molar-refractivity contribution in [2.45, 2.75) is 30.5 Å². The van der Waals surface area contributed by atoms with Crippen LogP contribution in [-0.2, 0) is 4.79 Å². The molecule has 0 radical (unpaired) electrons. The lowest BCUT2D eigenvalue weighted by atomic mass is 10.2. The van der Waals surface area contributed by atoms with Crippen molar-refractivity contribution in [3.05, 3.63) is 29.8 Å². The number of hydrogen-bond donors (Lipinski definition) is 1. The van der Waals surface area contributed by atoms with Crippen molar-refractivity contribution in [2.24, 2.45) is 0 Å². The number of nitriles is 1. The van der Waals surface area contributed by atoms with Crippen LogP contribution in [0.4, 0.5) is 5.69 Å². The number of rotatable bonds is 6. The first-order valence-electron chi connectivity index (χ1n) is 6.97. The van der Waals surface area contributed by atoms with Crippen LogP contribution in [0.25, 0.3) is 0 Å². The lowest BCUT2D eigenvalue weighted by Crippen LogP contribution is -2.13. The number of nitrogens with one attached hydrogen (secondary N) is 1. The van der Waals surface area contributed by atoms with Gasteiger partial charge in [0.25, 0.3) is 0 Å². The quantitative estimate of drug-likeness (QED) is 0.819. The van der Waals surface area contributed by atoms with Crippen LogP contribution < -0.4 is 5.32 Å². The molecule has 0 atom stereocenters. The third kappa shape index (κ3) is 3.43. The molecule has 22 heavy (non-hydrogen) atoms. The van der Waals surface area contributed by atoms with Crippen molar-refractivity contribution in [3.63, 3.8) is 0 Å². The number of aromatic nitrogens is 4. The molecule has 1 aliphatic rings. The van der Waals surface area contributed by atoms with Gasteiger partial charge in [0.1, 0.15) is 6.07 Å². The van der Waals surface area contributed by atoms with E-state index >= 15 is 0 Å². The summed E-state index contributed by atoms with van der Waals surface area (Å²) in [5.41, 5.74) is 1.00. The normalized spacial score (nSPS) is 13.6. The zero-order valence-corrected chi connectivity index (χ0v) is 12.6. The Kier molecular flexibility index (Phi) is 4.34. The van der Waals surface area contributed by atoms with E-state index in [0.29, 0.717) is 29.5 Å².